The van der Waals surface area contributed by atoms with Crippen LogP contribution in [0, 0.1) is 6.92 Å². The molecule has 2 aromatic rings. The number of hydrogen-bond acceptors (Lipinski definition) is 5. The highest BCUT2D eigenvalue weighted by molar-refractivity contribution is 7.89. The normalized spacial score (nSPS) is 15.7. The molecule has 1 amide bonds. The van der Waals surface area contributed by atoms with Crippen molar-refractivity contribution < 1.29 is 21.6 Å². The zero-order valence-corrected chi connectivity index (χ0v) is 19.0. The highest BCUT2D eigenvalue weighted by Crippen LogP contribution is 2.28. The number of carbonyl (C=O) groups is 1. The fourth-order valence-corrected chi connectivity index (χ4v) is 5.85. The van der Waals surface area contributed by atoms with Crippen LogP contribution in [0.25, 0.3) is 0 Å². The van der Waals surface area contributed by atoms with E-state index in [1.807, 2.05) is 6.92 Å². The van der Waals surface area contributed by atoms with E-state index < -0.39 is 26.0 Å². The average molecular weight is 466 g/mol. The number of amides is 1. The topological polar surface area (TPSA) is 127 Å². The van der Waals surface area contributed by atoms with Gasteiger partial charge in [0.05, 0.1) is 16.3 Å². The van der Waals surface area contributed by atoms with Gasteiger partial charge in [0.2, 0.25) is 26.0 Å². The van der Waals surface area contributed by atoms with Crippen molar-refractivity contribution in [2.24, 2.45) is 5.14 Å². The maximum atomic E-state index is 13.4. The number of anilines is 1. The summed E-state index contributed by atoms with van der Waals surface area (Å²) in [5, 5.41) is 7.72. The van der Waals surface area contributed by atoms with Crippen LogP contribution in [-0.4, -0.2) is 39.6 Å². The van der Waals surface area contributed by atoms with Crippen molar-refractivity contribution in [2.45, 2.75) is 54.9 Å². The van der Waals surface area contributed by atoms with Gasteiger partial charge in [-0.1, -0.05) is 37.0 Å². The van der Waals surface area contributed by atoms with E-state index in [4.69, 9.17) is 5.14 Å². The lowest BCUT2D eigenvalue weighted by molar-refractivity contribution is -0.116. The fraction of sp³-hybridized carbons (Fsp3) is 0.381. The Kier molecular flexibility index (Phi) is 7.15. The molecule has 0 bridgehead atoms. The Hall–Kier alpha value is -2.27. The fourth-order valence-electron chi connectivity index (χ4n) is 3.69. The molecule has 0 aliphatic heterocycles. The molecule has 1 aliphatic rings. The largest absolute Gasteiger partial charge is 0.325 e. The summed E-state index contributed by atoms with van der Waals surface area (Å²) in [6.07, 6.45) is 4.31. The van der Waals surface area contributed by atoms with E-state index in [1.165, 1.54) is 28.6 Å². The third-order valence-corrected chi connectivity index (χ3v) is 8.22. The summed E-state index contributed by atoms with van der Waals surface area (Å²) in [4.78, 5) is 12.8. The second-order valence-corrected chi connectivity index (χ2v) is 11.2. The van der Waals surface area contributed by atoms with Crippen molar-refractivity contribution in [1.29, 1.82) is 0 Å². The Labute approximate surface area is 183 Å². The predicted octanol–water partition coefficient (Wildman–Crippen LogP) is 2.60. The van der Waals surface area contributed by atoms with Crippen LogP contribution in [0.5, 0.6) is 0 Å². The molecule has 0 atom stereocenters. The van der Waals surface area contributed by atoms with Crippen molar-refractivity contribution >= 4 is 31.6 Å². The van der Waals surface area contributed by atoms with Gasteiger partial charge in [-0.2, -0.15) is 4.31 Å². The quantitative estimate of drug-likeness (QED) is 0.650. The summed E-state index contributed by atoms with van der Waals surface area (Å²) in [6.45, 7) is 1.56. The van der Waals surface area contributed by atoms with Crippen LogP contribution in [0.2, 0.25) is 0 Å². The lowest BCUT2D eigenvalue weighted by Crippen LogP contribution is -2.45. The van der Waals surface area contributed by atoms with Gasteiger partial charge in [-0.3, -0.25) is 4.79 Å². The first kappa shape index (κ1) is 23.4. The maximum Gasteiger partial charge on any atom is 0.243 e. The Balaban J connectivity index is 1.81. The monoisotopic (exact) mass is 465 g/mol. The van der Waals surface area contributed by atoms with Crippen molar-refractivity contribution in [2.75, 3.05) is 11.9 Å². The van der Waals surface area contributed by atoms with Gasteiger partial charge in [-0.15, -0.1) is 0 Å². The molecule has 1 saturated carbocycles. The summed E-state index contributed by atoms with van der Waals surface area (Å²) < 4.78 is 50.7. The first-order valence-electron chi connectivity index (χ1n) is 10.1. The highest BCUT2D eigenvalue weighted by Gasteiger charge is 2.34. The Morgan fingerprint density at radius 1 is 0.935 bits per heavy atom. The molecule has 1 aliphatic carbocycles. The molecule has 0 spiro atoms. The number of carbonyl (C=O) groups excluding carboxylic acids is 1. The van der Waals surface area contributed by atoms with Gasteiger partial charge >= 0.3 is 0 Å². The number of nitrogens with zero attached hydrogens (tertiary/aromatic N) is 1. The number of aryl methyl sites for hydroxylation is 1. The van der Waals surface area contributed by atoms with Crippen molar-refractivity contribution in [3.8, 4) is 0 Å². The second kappa shape index (κ2) is 9.47. The van der Waals surface area contributed by atoms with E-state index in [2.05, 4.69) is 5.32 Å². The van der Waals surface area contributed by atoms with E-state index in [0.29, 0.717) is 18.5 Å². The molecule has 3 N–H and O–H groups in total. The van der Waals surface area contributed by atoms with E-state index >= 15 is 0 Å². The molecule has 0 unspecified atom stereocenters. The first-order valence-corrected chi connectivity index (χ1v) is 13.1. The molecule has 0 heterocycles. The number of benzene rings is 2. The van der Waals surface area contributed by atoms with Gasteiger partial charge in [0, 0.05) is 11.7 Å². The SMILES string of the molecule is Cc1ccc(S(=O)(=O)N(CC(=O)Nc2ccc(S(N)(=O)=O)cc2)C2CCCCC2)cc1. The van der Waals surface area contributed by atoms with E-state index in [-0.39, 0.29) is 22.4 Å². The number of nitrogens with two attached hydrogens (primary N) is 1. The average Bonchev–Trinajstić information content (AvgIpc) is 2.72. The van der Waals surface area contributed by atoms with Crippen LogP contribution in [0.1, 0.15) is 37.7 Å². The van der Waals surface area contributed by atoms with Crippen LogP contribution >= 0.6 is 0 Å². The standard InChI is InChI=1S/C21H27N3O5S2/c1-16-7-11-20(12-8-16)31(28,29)24(18-5-3-2-4-6-18)15-21(25)23-17-9-13-19(14-10-17)30(22,26)27/h7-14,18H,2-6,15H2,1H3,(H,23,25)(H2,22,26,27). The Bertz CT molecular complexity index is 1120. The van der Waals surface area contributed by atoms with E-state index in [1.54, 1.807) is 24.3 Å². The number of sulfonamides is 2. The first-order chi connectivity index (χ1) is 14.6. The van der Waals surface area contributed by atoms with E-state index in [0.717, 1.165) is 24.8 Å². The Morgan fingerprint density at radius 3 is 2.03 bits per heavy atom. The number of nitrogens with one attached hydrogen (secondary N) is 1. The van der Waals surface area contributed by atoms with E-state index in [9.17, 15) is 21.6 Å². The maximum absolute atomic E-state index is 13.4. The molecule has 0 aromatic heterocycles. The number of primary sulfonamides is 1. The smallest absolute Gasteiger partial charge is 0.243 e. The molecule has 3 rings (SSSR count). The predicted molar refractivity (Wildman–Crippen MR) is 118 cm³/mol. The minimum Gasteiger partial charge on any atom is -0.325 e. The lowest BCUT2D eigenvalue weighted by atomic mass is 9.95. The minimum atomic E-state index is -3.85. The van der Waals surface area contributed by atoms with Gasteiger partial charge in [0.1, 0.15) is 0 Å². The molecule has 8 nitrogen and oxygen atoms in total. The van der Waals surface area contributed by atoms with Gasteiger partial charge in [-0.25, -0.2) is 22.0 Å². The number of rotatable bonds is 7. The second-order valence-electron chi connectivity index (χ2n) is 7.77. The van der Waals surface area contributed by atoms with Crippen LogP contribution in [0.3, 0.4) is 0 Å². The van der Waals surface area contributed by atoms with Crippen LogP contribution in [0.4, 0.5) is 5.69 Å². The molecular weight excluding hydrogens is 438 g/mol. The summed E-state index contributed by atoms with van der Waals surface area (Å²) in [5.74, 6) is -0.496. The molecule has 2 aromatic carbocycles. The molecule has 10 heteroatoms. The number of hydrogen-bond donors (Lipinski definition) is 2. The summed E-state index contributed by atoms with van der Waals surface area (Å²) in [6, 6.07) is 11.7. The third-order valence-electron chi connectivity index (χ3n) is 5.38. The van der Waals surface area contributed by atoms with Crippen molar-refractivity contribution in [1.82, 2.24) is 4.31 Å². The summed E-state index contributed by atoms with van der Waals surface area (Å²) >= 11 is 0. The van der Waals surface area contributed by atoms with Crippen LogP contribution < -0.4 is 10.5 Å². The molecule has 0 saturated heterocycles. The zero-order chi connectivity index (χ0) is 22.6. The van der Waals surface area contributed by atoms with Gasteiger partial charge < -0.3 is 5.32 Å². The van der Waals surface area contributed by atoms with Crippen molar-refractivity contribution in [3.63, 3.8) is 0 Å². The molecule has 31 heavy (non-hydrogen) atoms. The lowest BCUT2D eigenvalue weighted by Gasteiger charge is -2.33. The third kappa shape index (κ3) is 5.91. The Morgan fingerprint density at radius 2 is 1.48 bits per heavy atom. The summed E-state index contributed by atoms with van der Waals surface area (Å²) in [5.41, 5.74) is 1.30. The zero-order valence-electron chi connectivity index (χ0n) is 17.3. The minimum absolute atomic E-state index is 0.0729. The highest BCUT2D eigenvalue weighted by atomic mass is 32.2. The molecule has 1 fully saturated rings. The molecule has 168 valence electrons. The van der Waals surface area contributed by atoms with Crippen LogP contribution in [-0.2, 0) is 24.8 Å². The van der Waals surface area contributed by atoms with Crippen LogP contribution in [0.15, 0.2) is 58.3 Å². The van der Waals surface area contributed by atoms with Crippen molar-refractivity contribution in [3.05, 3.63) is 54.1 Å². The van der Waals surface area contributed by atoms with Gasteiger partial charge in [0.25, 0.3) is 0 Å². The summed E-state index contributed by atoms with van der Waals surface area (Å²) in [7, 11) is -7.69. The van der Waals surface area contributed by atoms with Gasteiger partial charge in [0.15, 0.2) is 0 Å². The molecule has 0 radical (unpaired) electrons. The van der Waals surface area contributed by atoms with Gasteiger partial charge in [-0.05, 0) is 56.2 Å². The molecular formula is C21H27N3O5S2.